The molecule has 0 aromatic carbocycles. The topological polar surface area (TPSA) is 38.0 Å². The summed E-state index contributed by atoms with van der Waals surface area (Å²) in [6.07, 6.45) is 5.30. The van der Waals surface area contributed by atoms with Gasteiger partial charge < -0.3 is 5.11 Å². The molecule has 0 fully saturated rings. The first kappa shape index (κ1) is 14.3. The first-order valence-electron chi connectivity index (χ1n) is 6.89. The van der Waals surface area contributed by atoms with E-state index < -0.39 is 0 Å². The van der Waals surface area contributed by atoms with Crippen molar-refractivity contribution >= 4 is 11.3 Å². The first-order valence-corrected chi connectivity index (χ1v) is 7.77. The molecule has 0 spiro atoms. The SMILES string of the molecule is CC(C)n1ccc(CC(O)CCCc2cccs2)n1. The predicted molar refractivity (Wildman–Crippen MR) is 79.6 cm³/mol. The normalized spacial score (nSPS) is 13.1. The molecule has 1 atom stereocenters. The van der Waals surface area contributed by atoms with Crippen LogP contribution in [0.4, 0.5) is 0 Å². The molecule has 2 aromatic rings. The maximum absolute atomic E-state index is 10.0. The fraction of sp³-hybridized carbons (Fsp3) is 0.533. The van der Waals surface area contributed by atoms with Crippen molar-refractivity contribution in [3.63, 3.8) is 0 Å². The molecule has 3 nitrogen and oxygen atoms in total. The highest BCUT2D eigenvalue weighted by molar-refractivity contribution is 7.09. The Balaban J connectivity index is 1.72. The zero-order valence-corrected chi connectivity index (χ0v) is 12.4. The number of aryl methyl sites for hydroxylation is 1. The Kier molecular flexibility index (Phi) is 5.16. The van der Waals surface area contributed by atoms with Gasteiger partial charge in [0, 0.05) is 23.5 Å². The molecule has 0 saturated carbocycles. The highest BCUT2D eigenvalue weighted by atomic mass is 32.1. The van der Waals surface area contributed by atoms with Crippen LogP contribution in [-0.2, 0) is 12.8 Å². The fourth-order valence-corrected chi connectivity index (χ4v) is 2.84. The molecule has 19 heavy (non-hydrogen) atoms. The molecule has 104 valence electrons. The molecular formula is C15H22N2OS. The summed E-state index contributed by atoms with van der Waals surface area (Å²) in [5, 5.41) is 16.6. The van der Waals surface area contributed by atoms with E-state index in [2.05, 4.69) is 36.5 Å². The van der Waals surface area contributed by atoms with E-state index in [9.17, 15) is 5.11 Å². The van der Waals surface area contributed by atoms with Crippen LogP contribution in [0, 0.1) is 0 Å². The summed E-state index contributed by atoms with van der Waals surface area (Å²) in [6.45, 7) is 4.21. The van der Waals surface area contributed by atoms with Crippen molar-refractivity contribution < 1.29 is 5.11 Å². The summed E-state index contributed by atoms with van der Waals surface area (Å²) in [4.78, 5) is 1.40. The summed E-state index contributed by atoms with van der Waals surface area (Å²) in [6, 6.07) is 6.61. The van der Waals surface area contributed by atoms with E-state index >= 15 is 0 Å². The van der Waals surface area contributed by atoms with Crippen LogP contribution in [0.3, 0.4) is 0 Å². The summed E-state index contributed by atoms with van der Waals surface area (Å²) in [7, 11) is 0. The van der Waals surface area contributed by atoms with E-state index in [1.807, 2.05) is 16.9 Å². The summed E-state index contributed by atoms with van der Waals surface area (Å²) in [5.74, 6) is 0. The van der Waals surface area contributed by atoms with E-state index in [0.717, 1.165) is 25.0 Å². The van der Waals surface area contributed by atoms with Gasteiger partial charge in [-0.3, -0.25) is 4.68 Å². The van der Waals surface area contributed by atoms with Crippen molar-refractivity contribution in [2.24, 2.45) is 0 Å². The zero-order chi connectivity index (χ0) is 13.7. The van der Waals surface area contributed by atoms with Crippen LogP contribution in [0.1, 0.15) is 43.3 Å². The molecule has 2 rings (SSSR count). The standard InChI is InChI=1S/C15H22N2OS/c1-12(2)17-9-8-13(16-17)11-14(18)5-3-6-15-7-4-10-19-15/h4,7-10,12,14,18H,3,5-6,11H2,1-2H3. The smallest absolute Gasteiger partial charge is 0.0650 e. The minimum atomic E-state index is -0.282. The Morgan fingerprint density at radius 1 is 1.37 bits per heavy atom. The average molecular weight is 278 g/mol. The lowest BCUT2D eigenvalue weighted by Gasteiger charge is -2.08. The maximum atomic E-state index is 10.0. The largest absolute Gasteiger partial charge is 0.393 e. The van der Waals surface area contributed by atoms with E-state index in [0.29, 0.717) is 12.5 Å². The third kappa shape index (κ3) is 4.48. The first-order chi connectivity index (χ1) is 9.15. The van der Waals surface area contributed by atoms with Gasteiger partial charge in [-0.1, -0.05) is 6.07 Å². The van der Waals surface area contributed by atoms with Crippen LogP contribution in [0.5, 0.6) is 0 Å². The van der Waals surface area contributed by atoms with E-state index in [-0.39, 0.29) is 6.10 Å². The van der Waals surface area contributed by atoms with Gasteiger partial charge in [0.1, 0.15) is 0 Å². The Labute approximate surface area is 118 Å². The lowest BCUT2D eigenvalue weighted by Crippen LogP contribution is -2.12. The Morgan fingerprint density at radius 2 is 2.21 bits per heavy atom. The van der Waals surface area contributed by atoms with Crippen LogP contribution < -0.4 is 0 Å². The van der Waals surface area contributed by atoms with Crippen LogP contribution in [0.15, 0.2) is 29.8 Å². The third-order valence-electron chi connectivity index (χ3n) is 3.18. The second kappa shape index (κ2) is 6.87. The predicted octanol–water partition coefficient (Wildman–Crippen LogP) is 3.45. The molecule has 0 aliphatic carbocycles. The quantitative estimate of drug-likeness (QED) is 0.842. The van der Waals surface area contributed by atoms with Crippen LogP contribution in [-0.4, -0.2) is 21.0 Å². The number of aliphatic hydroxyl groups excluding tert-OH is 1. The average Bonchev–Trinajstić information content (AvgIpc) is 3.00. The lowest BCUT2D eigenvalue weighted by molar-refractivity contribution is 0.161. The van der Waals surface area contributed by atoms with Gasteiger partial charge in [0.05, 0.1) is 11.8 Å². The van der Waals surface area contributed by atoms with Crippen molar-refractivity contribution in [2.75, 3.05) is 0 Å². The second-order valence-corrected chi connectivity index (χ2v) is 6.24. The van der Waals surface area contributed by atoms with Gasteiger partial charge in [-0.2, -0.15) is 5.10 Å². The molecule has 0 aliphatic heterocycles. The van der Waals surface area contributed by atoms with Gasteiger partial charge in [0.15, 0.2) is 0 Å². The van der Waals surface area contributed by atoms with Gasteiger partial charge in [-0.25, -0.2) is 0 Å². The van der Waals surface area contributed by atoms with Crippen LogP contribution in [0.2, 0.25) is 0 Å². The van der Waals surface area contributed by atoms with Crippen molar-refractivity contribution in [2.45, 2.75) is 51.7 Å². The van der Waals surface area contributed by atoms with E-state index in [4.69, 9.17) is 0 Å². The van der Waals surface area contributed by atoms with Gasteiger partial charge in [0.2, 0.25) is 0 Å². The Bertz CT molecular complexity index is 476. The third-order valence-corrected chi connectivity index (χ3v) is 4.11. The van der Waals surface area contributed by atoms with Gasteiger partial charge in [-0.15, -0.1) is 11.3 Å². The number of nitrogens with zero attached hydrogens (tertiary/aromatic N) is 2. The van der Waals surface area contributed by atoms with Crippen LogP contribution >= 0.6 is 11.3 Å². The number of aliphatic hydroxyl groups is 1. The van der Waals surface area contributed by atoms with E-state index in [1.165, 1.54) is 4.88 Å². The maximum Gasteiger partial charge on any atom is 0.0650 e. The molecule has 0 amide bonds. The highest BCUT2D eigenvalue weighted by Gasteiger charge is 2.09. The van der Waals surface area contributed by atoms with Gasteiger partial charge >= 0.3 is 0 Å². The fourth-order valence-electron chi connectivity index (χ4n) is 2.08. The number of thiophene rings is 1. The molecule has 1 unspecified atom stereocenters. The summed E-state index contributed by atoms with van der Waals surface area (Å²) < 4.78 is 1.94. The summed E-state index contributed by atoms with van der Waals surface area (Å²) in [5.41, 5.74) is 0.984. The van der Waals surface area contributed by atoms with Crippen molar-refractivity contribution in [3.8, 4) is 0 Å². The van der Waals surface area contributed by atoms with Crippen LogP contribution in [0.25, 0.3) is 0 Å². The van der Waals surface area contributed by atoms with E-state index in [1.54, 1.807) is 11.3 Å². The lowest BCUT2D eigenvalue weighted by atomic mass is 10.1. The number of hydrogen-bond acceptors (Lipinski definition) is 3. The van der Waals surface area contributed by atoms with Crippen molar-refractivity contribution in [1.29, 1.82) is 0 Å². The monoisotopic (exact) mass is 278 g/mol. The number of hydrogen-bond donors (Lipinski definition) is 1. The molecule has 2 heterocycles. The molecule has 0 aliphatic rings. The number of rotatable bonds is 7. The van der Waals surface area contributed by atoms with Crippen molar-refractivity contribution in [3.05, 3.63) is 40.3 Å². The minimum absolute atomic E-state index is 0.282. The Hall–Kier alpha value is -1.13. The van der Waals surface area contributed by atoms with Gasteiger partial charge in [-0.05, 0) is 50.6 Å². The molecule has 2 aromatic heterocycles. The van der Waals surface area contributed by atoms with Gasteiger partial charge in [0.25, 0.3) is 0 Å². The highest BCUT2D eigenvalue weighted by Crippen LogP contribution is 2.14. The Morgan fingerprint density at radius 3 is 2.84 bits per heavy atom. The molecule has 1 N–H and O–H groups in total. The zero-order valence-electron chi connectivity index (χ0n) is 11.6. The minimum Gasteiger partial charge on any atom is -0.393 e. The number of aromatic nitrogens is 2. The molecule has 0 saturated heterocycles. The summed E-state index contributed by atoms with van der Waals surface area (Å²) >= 11 is 1.79. The second-order valence-electron chi connectivity index (χ2n) is 5.21. The molecular weight excluding hydrogens is 256 g/mol. The van der Waals surface area contributed by atoms with Crippen molar-refractivity contribution in [1.82, 2.24) is 9.78 Å². The molecule has 0 radical (unpaired) electrons. The molecule has 4 heteroatoms. The molecule has 0 bridgehead atoms.